The van der Waals surface area contributed by atoms with Crippen LogP contribution >= 0.6 is 15.9 Å². The number of hydrogen-bond donors (Lipinski definition) is 1. The normalized spacial score (nSPS) is 20.3. The van der Waals surface area contributed by atoms with Gasteiger partial charge in [-0.05, 0) is 56.6 Å². The Morgan fingerprint density at radius 2 is 2.32 bits per heavy atom. The lowest BCUT2D eigenvalue weighted by molar-refractivity contribution is 0.0905. The topological polar surface area (TPSA) is 32.3 Å². The van der Waals surface area contributed by atoms with Gasteiger partial charge in [0.25, 0.3) is 5.91 Å². The Labute approximate surface area is 123 Å². The van der Waals surface area contributed by atoms with E-state index in [1.807, 2.05) is 25.1 Å². The second kappa shape index (κ2) is 6.53. The SMILES string of the molecule is CCN1CCCC(NC(=O)c2ccc(Br)c(C)c2)C1. The number of rotatable bonds is 3. The van der Waals surface area contributed by atoms with E-state index in [-0.39, 0.29) is 11.9 Å². The van der Waals surface area contributed by atoms with Crippen molar-refractivity contribution in [3.63, 3.8) is 0 Å². The van der Waals surface area contributed by atoms with Crippen LogP contribution in [0.2, 0.25) is 0 Å². The second-order valence-electron chi connectivity index (χ2n) is 5.17. The van der Waals surface area contributed by atoms with Crippen LogP contribution in [0.4, 0.5) is 0 Å². The van der Waals surface area contributed by atoms with E-state index in [0.29, 0.717) is 0 Å². The van der Waals surface area contributed by atoms with Crippen LogP contribution in [0.25, 0.3) is 0 Å². The molecule has 19 heavy (non-hydrogen) atoms. The van der Waals surface area contributed by atoms with Gasteiger partial charge in [0.2, 0.25) is 0 Å². The average molecular weight is 325 g/mol. The molecule has 1 amide bonds. The first-order chi connectivity index (χ1) is 9.10. The third-order valence-corrected chi connectivity index (χ3v) is 4.60. The molecule has 1 aliphatic rings. The summed E-state index contributed by atoms with van der Waals surface area (Å²) in [5.74, 6) is 0.0403. The summed E-state index contributed by atoms with van der Waals surface area (Å²) >= 11 is 3.46. The van der Waals surface area contributed by atoms with E-state index in [4.69, 9.17) is 0 Å². The van der Waals surface area contributed by atoms with Crippen LogP contribution in [0.5, 0.6) is 0 Å². The summed E-state index contributed by atoms with van der Waals surface area (Å²) in [6.45, 7) is 7.35. The standard InChI is InChI=1S/C15H21BrN2O/c1-3-18-8-4-5-13(10-18)17-15(19)12-6-7-14(16)11(2)9-12/h6-7,9,13H,3-5,8,10H2,1-2H3,(H,17,19). The maximum Gasteiger partial charge on any atom is 0.251 e. The molecule has 0 radical (unpaired) electrons. The summed E-state index contributed by atoms with van der Waals surface area (Å²) in [5, 5.41) is 3.15. The van der Waals surface area contributed by atoms with Crippen molar-refractivity contribution < 1.29 is 4.79 Å². The number of aryl methyl sites for hydroxylation is 1. The van der Waals surface area contributed by atoms with E-state index >= 15 is 0 Å². The molecule has 2 rings (SSSR count). The van der Waals surface area contributed by atoms with Crippen LogP contribution in [0.1, 0.15) is 35.7 Å². The molecule has 1 unspecified atom stereocenters. The van der Waals surface area contributed by atoms with Gasteiger partial charge in [0.05, 0.1) is 0 Å². The monoisotopic (exact) mass is 324 g/mol. The molecule has 1 aromatic rings. The molecule has 1 fully saturated rings. The summed E-state index contributed by atoms with van der Waals surface area (Å²) in [7, 11) is 0. The van der Waals surface area contributed by atoms with Crippen molar-refractivity contribution in [2.45, 2.75) is 32.7 Å². The van der Waals surface area contributed by atoms with E-state index < -0.39 is 0 Å². The highest BCUT2D eigenvalue weighted by molar-refractivity contribution is 9.10. The molecular weight excluding hydrogens is 304 g/mol. The van der Waals surface area contributed by atoms with Gasteiger partial charge in [-0.1, -0.05) is 22.9 Å². The van der Waals surface area contributed by atoms with Gasteiger partial charge in [0, 0.05) is 22.6 Å². The lowest BCUT2D eigenvalue weighted by atomic mass is 10.0. The molecule has 104 valence electrons. The quantitative estimate of drug-likeness (QED) is 0.927. The number of amides is 1. The molecule has 1 heterocycles. The molecule has 1 atom stereocenters. The number of likely N-dealkylation sites (N-methyl/N-ethyl adjacent to an activating group) is 1. The van der Waals surface area contributed by atoms with Gasteiger partial charge in [0.15, 0.2) is 0 Å². The number of piperidine rings is 1. The molecule has 4 heteroatoms. The maximum atomic E-state index is 12.2. The van der Waals surface area contributed by atoms with Gasteiger partial charge in [-0.25, -0.2) is 0 Å². The molecule has 0 saturated carbocycles. The first-order valence-corrected chi connectivity index (χ1v) is 7.69. The van der Waals surface area contributed by atoms with Crippen LogP contribution in [0.15, 0.2) is 22.7 Å². The summed E-state index contributed by atoms with van der Waals surface area (Å²) in [5.41, 5.74) is 1.83. The van der Waals surface area contributed by atoms with E-state index in [2.05, 4.69) is 33.1 Å². The number of carbonyl (C=O) groups excluding carboxylic acids is 1. The Morgan fingerprint density at radius 1 is 1.53 bits per heavy atom. The molecule has 1 aromatic carbocycles. The Morgan fingerprint density at radius 3 is 3.00 bits per heavy atom. The highest BCUT2D eigenvalue weighted by atomic mass is 79.9. The zero-order valence-electron chi connectivity index (χ0n) is 11.6. The number of halogens is 1. The number of nitrogens with one attached hydrogen (secondary N) is 1. The Kier molecular flexibility index (Phi) is 4.99. The van der Waals surface area contributed by atoms with Crippen LogP contribution in [-0.4, -0.2) is 36.5 Å². The van der Waals surface area contributed by atoms with Gasteiger partial charge in [-0.15, -0.1) is 0 Å². The molecular formula is C15H21BrN2O. The largest absolute Gasteiger partial charge is 0.348 e. The summed E-state index contributed by atoms with van der Waals surface area (Å²) < 4.78 is 1.04. The zero-order chi connectivity index (χ0) is 13.8. The van der Waals surface area contributed by atoms with Gasteiger partial charge in [0.1, 0.15) is 0 Å². The molecule has 3 nitrogen and oxygen atoms in total. The van der Waals surface area contributed by atoms with E-state index in [1.54, 1.807) is 0 Å². The Bertz CT molecular complexity index is 461. The van der Waals surface area contributed by atoms with Crippen molar-refractivity contribution in [2.24, 2.45) is 0 Å². The van der Waals surface area contributed by atoms with Gasteiger partial charge < -0.3 is 10.2 Å². The predicted molar refractivity (Wildman–Crippen MR) is 81.5 cm³/mol. The van der Waals surface area contributed by atoms with Crippen molar-refractivity contribution in [1.82, 2.24) is 10.2 Å². The summed E-state index contributed by atoms with van der Waals surface area (Å²) in [6.07, 6.45) is 2.25. The van der Waals surface area contributed by atoms with Crippen LogP contribution < -0.4 is 5.32 Å². The fourth-order valence-electron chi connectivity index (χ4n) is 2.52. The van der Waals surface area contributed by atoms with Crippen molar-refractivity contribution in [3.8, 4) is 0 Å². The minimum Gasteiger partial charge on any atom is -0.348 e. The Hall–Kier alpha value is -0.870. The maximum absolute atomic E-state index is 12.2. The highest BCUT2D eigenvalue weighted by Gasteiger charge is 2.20. The lowest BCUT2D eigenvalue weighted by Gasteiger charge is -2.32. The van der Waals surface area contributed by atoms with Crippen molar-refractivity contribution in [2.75, 3.05) is 19.6 Å². The summed E-state index contributed by atoms with van der Waals surface area (Å²) in [6, 6.07) is 6.01. The second-order valence-corrected chi connectivity index (χ2v) is 6.02. The molecule has 1 saturated heterocycles. The van der Waals surface area contributed by atoms with E-state index in [9.17, 15) is 4.79 Å². The zero-order valence-corrected chi connectivity index (χ0v) is 13.2. The van der Waals surface area contributed by atoms with E-state index in [0.717, 1.165) is 48.1 Å². The number of hydrogen-bond acceptors (Lipinski definition) is 2. The number of nitrogens with zero attached hydrogens (tertiary/aromatic N) is 1. The van der Waals surface area contributed by atoms with Crippen LogP contribution in [0, 0.1) is 6.92 Å². The van der Waals surface area contributed by atoms with Gasteiger partial charge in [-0.2, -0.15) is 0 Å². The highest BCUT2D eigenvalue weighted by Crippen LogP contribution is 2.17. The molecule has 0 aliphatic carbocycles. The first-order valence-electron chi connectivity index (χ1n) is 6.89. The van der Waals surface area contributed by atoms with Crippen LogP contribution in [0.3, 0.4) is 0 Å². The van der Waals surface area contributed by atoms with E-state index in [1.165, 1.54) is 0 Å². The number of likely N-dealkylation sites (tertiary alicyclic amines) is 1. The predicted octanol–water partition coefficient (Wildman–Crippen LogP) is 2.97. The molecule has 0 spiro atoms. The molecule has 1 N–H and O–H groups in total. The molecule has 1 aliphatic heterocycles. The number of benzene rings is 1. The first kappa shape index (κ1) is 14.5. The van der Waals surface area contributed by atoms with Crippen molar-refractivity contribution in [1.29, 1.82) is 0 Å². The molecule has 0 bridgehead atoms. The Balaban J connectivity index is 1.98. The van der Waals surface area contributed by atoms with Crippen LogP contribution in [-0.2, 0) is 0 Å². The van der Waals surface area contributed by atoms with Crippen molar-refractivity contribution >= 4 is 21.8 Å². The minimum atomic E-state index is 0.0403. The van der Waals surface area contributed by atoms with Crippen molar-refractivity contribution in [3.05, 3.63) is 33.8 Å². The van der Waals surface area contributed by atoms with Gasteiger partial charge in [-0.3, -0.25) is 4.79 Å². The average Bonchev–Trinajstić information content (AvgIpc) is 2.42. The third kappa shape index (κ3) is 3.80. The fraction of sp³-hybridized carbons (Fsp3) is 0.533. The summed E-state index contributed by atoms with van der Waals surface area (Å²) in [4.78, 5) is 14.6. The fourth-order valence-corrected chi connectivity index (χ4v) is 2.76. The minimum absolute atomic E-state index is 0.0403. The third-order valence-electron chi connectivity index (χ3n) is 3.71. The number of carbonyl (C=O) groups is 1. The van der Waals surface area contributed by atoms with Gasteiger partial charge >= 0.3 is 0 Å². The lowest BCUT2D eigenvalue weighted by Crippen LogP contribution is -2.47. The smallest absolute Gasteiger partial charge is 0.251 e. The molecule has 0 aromatic heterocycles.